The number of nitrogens with one attached hydrogen (secondary N) is 1. The number of likely N-dealkylation sites (tertiary alicyclic amines) is 1. The van der Waals surface area contributed by atoms with Crippen LogP contribution in [0.4, 0.5) is 4.79 Å². The summed E-state index contributed by atoms with van der Waals surface area (Å²) in [6.45, 7) is 1.54. The zero-order chi connectivity index (χ0) is 16.7. The minimum atomic E-state index is -1.11. The number of fused-ring (bicyclic) bond motifs is 2. The smallest absolute Gasteiger partial charge is 0.325 e. The molecule has 0 unspecified atom stereocenters. The summed E-state index contributed by atoms with van der Waals surface area (Å²) < 4.78 is 5.59. The van der Waals surface area contributed by atoms with Gasteiger partial charge >= 0.3 is 6.03 Å². The molecule has 3 aliphatic rings. The molecule has 24 heavy (non-hydrogen) atoms. The molecule has 7 heteroatoms. The Morgan fingerprint density at radius 1 is 1.21 bits per heavy atom. The summed E-state index contributed by atoms with van der Waals surface area (Å²) in [6, 6.07) is 6.71. The first-order valence-corrected chi connectivity index (χ1v) is 8.26. The molecule has 4 rings (SSSR count). The number of rotatable bonds is 2. The molecule has 126 valence electrons. The van der Waals surface area contributed by atoms with Gasteiger partial charge in [-0.25, -0.2) is 4.79 Å². The third-order valence-electron chi connectivity index (χ3n) is 5.01. The molecule has 4 amide bonds. The third kappa shape index (κ3) is 2.15. The Bertz CT molecular complexity index is 714. The molecular weight excluding hydrogens is 310 g/mol. The van der Waals surface area contributed by atoms with Crippen LogP contribution in [0.25, 0.3) is 0 Å². The Morgan fingerprint density at radius 2 is 1.96 bits per heavy atom. The number of hydrogen-bond donors (Lipinski definition) is 1. The molecule has 3 aliphatic heterocycles. The first kappa shape index (κ1) is 15.0. The van der Waals surface area contributed by atoms with Gasteiger partial charge in [-0.1, -0.05) is 18.2 Å². The number of ether oxygens (including phenoxy) is 1. The fourth-order valence-electron chi connectivity index (χ4n) is 3.72. The van der Waals surface area contributed by atoms with E-state index in [1.807, 2.05) is 12.1 Å². The predicted molar refractivity (Wildman–Crippen MR) is 84.3 cm³/mol. The second-order valence-electron chi connectivity index (χ2n) is 6.41. The molecule has 3 heterocycles. The van der Waals surface area contributed by atoms with E-state index in [1.165, 1.54) is 0 Å². The summed E-state index contributed by atoms with van der Waals surface area (Å²) in [7, 11) is 0. The van der Waals surface area contributed by atoms with E-state index in [-0.39, 0.29) is 18.4 Å². The van der Waals surface area contributed by atoms with Crippen molar-refractivity contribution in [3.63, 3.8) is 0 Å². The summed E-state index contributed by atoms with van der Waals surface area (Å²) in [5.74, 6) is 0.0642. The molecule has 7 nitrogen and oxygen atoms in total. The van der Waals surface area contributed by atoms with Crippen LogP contribution in [0, 0.1) is 0 Å². The number of urea groups is 1. The van der Waals surface area contributed by atoms with E-state index in [0.29, 0.717) is 37.4 Å². The molecule has 1 aromatic rings. The van der Waals surface area contributed by atoms with Crippen LogP contribution < -0.4 is 10.1 Å². The van der Waals surface area contributed by atoms with E-state index in [1.54, 1.807) is 17.0 Å². The van der Waals surface area contributed by atoms with Crippen molar-refractivity contribution < 1.29 is 19.1 Å². The van der Waals surface area contributed by atoms with E-state index in [0.717, 1.165) is 17.7 Å². The normalized spacial score (nSPS) is 25.7. The van der Waals surface area contributed by atoms with Gasteiger partial charge < -0.3 is 15.0 Å². The molecular formula is C17H19N3O4. The van der Waals surface area contributed by atoms with Crippen LogP contribution in [-0.4, -0.2) is 53.9 Å². The number of benzene rings is 1. The number of amides is 4. The lowest BCUT2D eigenvalue weighted by molar-refractivity contribution is -0.139. The van der Waals surface area contributed by atoms with Gasteiger partial charge in [-0.15, -0.1) is 0 Å². The van der Waals surface area contributed by atoms with Crippen LogP contribution in [0.3, 0.4) is 0 Å². The molecule has 1 N–H and O–H groups in total. The molecule has 2 fully saturated rings. The number of carbonyl (C=O) groups is 3. The maximum Gasteiger partial charge on any atom is 0.325 e. The van der Waals surface area contributed by atoms with Gasteiger partial charge in [0.15, 0.2) is 5.54 Å². The average Bonchev–Trinajstić information content (AvgIpc) is 3.20. The van der Waals surface area contributed by atoms with E-state index in [4.69, 9.17) is 4.74 Å². The average molecular weight is 329 g/mol. The Kier molecular flexibility index (Phi) is 3.44. The van der Waals surface area contributed by atoms with Crippen molar-refractivity contribution in [3.05, 3.63) is 29.8 Å². The standard InChI is InChI=1S/C17H19N3O4/c21-14(19-8-3-4-9-19)11-20-15(22)17(18-16(20)23)7-10-24-13-6-2-1-5-12(13)17/h1-2,5-6H,3-4,7-11H2,(H,18,23)/t17-/m1/s1. The van der Waals surface area contributed by atoms with Crippen molar-refractivity contribution in [3.8, 4) is 5.75 Å². The molecule has 1 aromatic carbocycles. The SMILES string of the molecule is O=C(CN1C(=O)N[C@@]2(CCOc3ccccc32)C1=O)N1CCCC1. The molecule has 1 atom stereocenters. The van der Waals surface area contributed by atoms with Crippen molar-refractivity contribution in [2.75, 3.05) is 26.2 Å². The number of para-hydroxylation sites is 1. The van der Waals surface area contributed by atoms with E-state index in [2.05, 4.69) is 5.32 Å². The van der Waals surface area contributed by atoms with Crippen molar-refractivity contribution in [1.82, 2.24) is 15.1 Å². The monoisotopic (exact) mass is 329 g/mol. The molecule has 2 saturated heterocycles. The van der Waals surface area contributed by atoms with E-state index in [9.17, 15) is 14.4 Å². The lowest BCUT2D eigenvalue weighted by Crippen LogP contribution is -2.48. The minimum absolute atomic E-state index is 0.173. The van der Waals surface area contributed by atoms with Gasteiger partial charge in [0.05, 0.1) is 6.61 Å². The lowest BCUT2D eigenvalue weighted by Gasteiger charge is -2.33. The highest BCUT2D eigenvalue weighted by molar-refractivity contribution is 6.09. The first-order valence-electron chi connectivity index (χ1n) is 8.26. The first-order chi connectivity index (χ1) is 11.6. The molecule has 0 aromatic heterocycles. The van der Waals surface area contributed by atoms with Gasteiger partial charge in [0.25, 0.3) is 5.91 Å². The van der Waals surface area contributed by atoms with Gasteiger partial charge in [0.1, 0.15) is 12.3 Å². The molecule has 0 aliphatic carbocycles. The van der Waals surface area contributed by atoms with Crippen molar-refractivity contribution in [2.24, 2.45) is 0 Å². The Hall–Kier alpha value is -2.57. The summed E-state index contributed by atoms with van der Waals surface area (Å²) in [5.41, 5.74) is -0.456. The van der Waals surface area contributed by atoms with E-state index >= 15 is 0 Å². The van der Waals surface area contributed by atoms with Gasteiger partial charge in [0, 0.05) is 25.1 Å². The summed E-state index contributed by atoms with van der Waals surface area (Å²) in [6.07, 6.45) is 2.31. The summed E-state index contributed by atoms with van der Waals surface area (Å²) in [5, 5.41) is 2.81. The van der Waals surface area contributed by atoms with Gasteiger partial charge in [0.2, 0.25) is 5.91 Å². The second-order valence-corrected chi connectivity index (χ2v) is 6.41. The van der Waals surface area contributed by atoms with Crippen LogP contribution >= 0.6 is 0 Å². The zero-order valence-corrected chi connectivity index (χ0v) is 13.3. The topological polar surface area (TPSA) is 79.0 Å². The van der Waals surface area contributed by atoms with Crippen LogP contribution in [0.1, 0.15) is 24.8 Å². The highest BCUT2D eigenvalue weighted by Crippen LogP contribution is 2.40. The van der Waals surface area contributed by atoms with Crippen LogP contribution in [-0.2, 0) is 15.1 Å². The Labute approximate surface area is 139 Å². The van der Waals surface area contributed by atoms with Gasteiger partial charge in [-0.3, -0.25) is 14.5 Å². The van der Waals surface area contributed by atoms with Gasteiger partial charge in [-0.05, 0) is 18.9 Å². The summed E-state index contributed by atoms with van der Waals surface area (Å²) >= 11 is 0. The highest BCUT2D eigenvalue weighted by Gasteiger charge is 2.55. The zero-order valence-electron chi connectivity index (χ0n) is 13.3. The quantitative estimate of drug-likeness (QED) is 0.816. The highest BCUT2D eigenvalue weighted by atomic mass is 16.5. The lowest BCUT2D eigenvalue weighted by atomic mass is 9.84. The fraction of sp³-hybridized carbons (Fsp3) is 0.471. The van der Waals surface area contributed by atoms with Crippen molar-refractivity contribution in [2.45, 2.75) is 24.8 Å². The molecule has 0 saturated carbocycles. The predicted octanol–water partition coefficient (Wildman–Crippen LogP) is 0.839. The Morgan fingerprint density at radius 3 is 2.75 bits per heavy atom. The van der Waals surface area contributed by atoms with Crippen LogP contribution in [0.2, 0.25) is 0 Å². The summed E-state index contributed by atoms with van der Waals surface area (Å²) in [4.78, 5) is 40.5. The molecule has 0 bridgehead atoms. The maximum absolute atomic E-state index is 13.0. The fourth-order valence-corrected chi connectivity index (χ4v) is 3.72. The van der Waals surface area contributed by atoms with Crippen LogP contribution in [0.15, 0.2) is 24.3 Å². The second kappa shape index (κ2) is 5.51. The number of nitrogens with zero attached hydrogens (tertiary/aromatic N) is 2. The van der Waals surface area contributed by atoms with Crippen LogP contribution in [0.5, 0.6) is 5.75 Å². The number of imide groups is 1. The third-order valence-corrected chi connectivity index (χ3v) is 5.01. The molecule has 0 radical (unpaired) electrons. The van der Waals surface area contributed by atoms with Crippen molar-refractivity contribution in [1.29, 1.82) is 0 Å². The maximum atomic E-state index is 13.0. The largest absolute Gasteiger partial charge is 0.493 e. The Balaban J connectivity index is 1.61. The number of hydrogen-bond acceptors (Lipinski definition) is 4. The molecule has 1 spiro atoms. The van der Waals surface area contributed by atoms with Crippen molar-refractivity contribution >= 4 is 17.8 Å². The number of carbonyl (C=O) groups excluding carboxylic acids is 3. The van der Waals surface area contributed by atoms with E-state index < -0.39 is 11.6 Å². The minimum Gasteiger partial charge on any atom is -0.493 e. The van der Waals surface area contributed by atoms with Gasteiger partial charge in [-0.2, -0.15) is 0 Å².